The number of aromatic nitrogens is 3. The molecule has 0 fully saturated rings. The van der Waals surface area contributed by atoms with E-state index in [9.17, 15) is 14.3 Å². The predicted molar refractivity (Wildman–Crippen MR) is 72.5 cm³/mol. The van der Waals surface area contributed by atoms with Crippen molar-refractivity contribution in [1.29, 1.82) is 0 Å². The van der Waals surface area contributed by atoms with Crippen LogP contribution in [0.4, 0.5) is 4.39 Å². The maximum absolute atomic E-state index is 14.0. The normalized spacial score (nSPS) is 11.0. The molecule has 8 heteroatoms. The number of aromatic hydroxyl groups is 1. The fourth-order valence-electron chi connectivity index (χ4n) is 2.07. The summed E-state index contributed by atoms with van der Waals surface area (Å²) < 4.78 is 15.2. The minimum Gasteiger partial charge on any atom is -0.507 e. The molecule has 0 saturated carbocycles. The number of carbonyl (C=O) groups excluding carboxylic acids is 1. The Hall–Kier alpha value is -2.67. The van der Waals surface area contributed by atoms with Gasteiger partial charge in [-0.25, -0.2) is 13.9 Å². The molecule has 0 atom stereocenters. The summed E-state index contributed by atoms with van der Waals surface area (Å²) in [6.07, 6.45) is 1.15. The lowest BCUT2D eigenvalue weighted by Gasteiger charge is -2.09. The molecule has 0 saturated heterocycles. The number of carbonyl (C=O) groups is 1. The molecule has 2 heterocycles. The Morgan fingerprint density at radius 2 is 2.14 bits per heavy atom. The number of hydrogen-bond donors (Lipinski definition) is 1. The van der Waals surface area contributed by atoms with Gasteiger partial charge < -0.3 is 5.11 Å². The van der Waals surface area contributed by atoms with E-state index in [4.69, 9.17) is 17.3 Å². The van der Waals surface area contributed by atoms with Gasteiger partial charge in [0.15, 0.2) is 5.65 Å². The van der Waals surface area contributed by atoms with Crippen LogP contribution in [0.5, 0.6) is 5.75 Å². The van der Waals surface area contributed by atoms with E-state index < -0.39 is 17.5 Å². The average molecular weight is 306 g/mol. The molecule has 2 aromatic heterocycles. The van der Waals surface area contributed by atoms with E-state index in [1.54, 1.807) is 0 Å². The molecule has 0 aliphatic rings. The molecule has 0 bridgehead atoms. The SMILES string of the molecule is [NH]C(=O)c1c(O)cc(-c2ccc(Cl)cc2F)n2ncnc12. The Morgan fingerprint density at radius 3 is 2.81 bits per heavy atom. The highest BCUT2D eigenvalue weighted by atomic mass is 35.5. The Bertz CT molecular complexity index is 878. The number of nitrogens with one attached hydrogen (secondary N) is 1. The summed E-state index contributed by atoms with van der Waals surface area (Å²) in [6, 6.07) is 5.20. The minimum absolute atomic E-state index is 0.0145. The van der Waals surface area contributed by atoms with Crippen molar-refractivity contribution in [3.05, 3.63) is 47.0 Å². The van der Waals surface area contributed by atoms with Gasteiger partial charge in [0.1, 0.15) is 23.5 Å². The van der Waals surface area contributed by atoms with Crippen LogP contribution < -0.4 is 5.73 Å². The second-order valence-corrected chi connectivity index (χ2v) is 4.67. The van der Waals surface area contributed by atoms with Crippen LogP contribution in [0.2, 0.25) is 5.02 Å². The zero-order chi connectivity index (χ0) is 15.1. The summed E-state index contributed by atoms with van der Waals surface area (Å²) >= 11 is 5.71. The van der Waals surface area contributed by atoms with Gasteiger partial charge in [0, 0.05) is 16.7 Å². The number of nitrogens with zero attached hydrogens (tertiary/aromatic N) is 3. The van der Waals surface area contributed by atoms with Crippen LogP contribution >= 0.6 is 11.6 Å². The van der Waals surface area contributed by atoms with Crippen LogP contribution in [0.1, 0.15) is 10.4 Å². The molecule has 3 aromatic rings. The molecular weight excluding hydrogens is 299 g/mol. The van der Waals surface area contributed by atoms with Crippen molar-refractivity contribution >= 4 is 23.2 Å². The Kier molecular flexibility index (Phi) is 2.99. The molecular formula is C13H7ClFN4O2. The maximum atomic E-state index is 14.0. The minimum atomic E-state index is -1.10. The number of pyridine rings is 1. The van der Waals surface area contributed by atoms with Crippen molar-refractivity contribution in [1.82, 2.24) is 20.3 Å². The molecule has 0 unspecified atom stereocenters. The molecule has 0 spiro atoms. The van der Waals surface area contributed by atoms with Gasteiger partial charge in [0.2, 0.25) is 0 Å². The van der Waals surface area contributed by atoms with E-state index in [0.29, 0.717) is 0 Å². The number of rotatable bonds is 2. The first-order valence-corrected chi connectivity index (χ1v) is 6.14. The van der Waals surface area contributed by atoms with Crippen molar-refractivity contribution in [2.75, 3.05) is 0 Å². The highest BCUT2D eigenvalue weighted by molar-refractivity contribution is 6.30. The smallest absolute Gasteiger partial charge is 0.277 e. The van der Waals surface area contributed by atoms with Gasteiger partial charge in [-0.15, -0.1) is 0 Å². The maximum Gasteiger partial charge on any atom is 0.277 e. The van der Waals surface area contributed by atoms with Gasteiger partial charge >= 0.3 is 0 Å². The number of benzene rings is 1. The lowest BCUT2D eigenvalue weighted by atomic mass is 10.1. The second-order valence-electron chi connectivity index (χ2n) is 4.24. The Labute approximate surface area is 122 Å². The summed E-state index contributed by atoms with van der Waals surface area (Å²) in [5.74, 6) is -2.17. The molecule has 1 amide bonds. The lowest BCUT2D eigenvalue weighted by molar-refractivity contribution is 0.0990. The van der Waals surface area contributed by atoms with E-state index in [1.807, 2.05) is 0 Å². The standard InChI is InChI=1S/C13H7ClFN4O2/c14-6-1-2-7(8(15)3-6)9-4-10(20)11(12(16)21)13-17-5-18-19(9)13/h1-5,16,20H. The first-order valence-electron chi connectivity index (χ1n) is 5.76. The summed E-state index contributed by atoms with van der Waals surface area (Å²) in [5.41, 5.74) is 7.18. The summed E-state index contributed by atoms with van der Waals surface area (Å²) in [7, 11) is 0. The van der Waals surface area contributed by atoms with Crippen molar-refractivity contribution in [2.24, 2.45) is 0 Å². The van der Waals surface area contributed by atoms with Crippen LogP contribution in [0.15, 0.2) is 30.6 Å². The third-order valence-electron chi connectivity index (χ3n) is 2.96. The first kappa shape index (κ1) is 13.3. The van der Waals surface area contributed by atoms with Gasteiger partial charge in [-0.3, -0.25) is 10.5 Å². The summed E-state index contributed by atoms with van der Waals surface area (Å²) in [6.45, 7) is 0. The average Bonchev–Trinajstić information content (AvgIpc) is 2.86. The molecule has 1 radical (unpaired) electrons. The van der Waals surface area contributed by atoms with Crippen molar-refractivity contribution < 1.29 is 14.3 Å². The lowest BCUT2D eigenvalue weighted by Crippen LogP contribution is -2.06. The molecule has 1 aromatic carbocycles. The third-order valence-corrected chi connectivity index (χ3v) is 3.20. The summed E-state index contributed by atoms with van der Waals surface area (Å²) in [4.78, 5) is 15.1. The molecule has 21 heavy (non-hydrogen) atoms. The molecule has 2 N–H and O–H groups in total. The predicted octanol–water partition coefficient (Wildman–Crippen LogP) is 2.32. The van der Waals surface area contributed by atoms with E-state index in [1.165, 1.54) is 16.6 Å². The zero-order valence-corrected chi connectivity index (χ0v) is 11.1. The van der Waals surface area contributed by atoms with Gasteiger partial charge in [0.05, 0.1) is 5.69 Å². The van der Waals surface area contributed by atoms with E-state index >= 15 is 0 Å². The van der Waals surface area contributed by atoms with Gasteiger partial charge in [-0.1, -0.05) is 11.6 Å². The molecule has 3 rings (SSSR count). The summed E-state index contributed by atoms with van der Waals surface area (Å²) in [5, 5.41) is 14.0. The van der Waals surface area contributed by atoms with Gasteiger partial charge in [-0.2, -0.15) is 5.10 Å². The highest BCUT2D eigenvalue weighted by Gasteiger charge is 2.20. The fourth-order valence-corrected chi connectivity index (χ4v) is 2.23. The Balaban J connectivity index is 2.37. The fraction of sp³-hybridized carbons (Fsp3) is 0. The van der Waals surface area contributed by atoms with Crippen molar-refractivity contribution in [2.45, 2.75) is 0 Å². The third kappa shape index (κ3) is 2.07. The number of fused-ring (bicyclic) bond motifs is 1. The monoisotopic (exact) mass is 305 g/mol. The Morgan fingerprint density at radius 1 is 1.38 bits per heavy atom. The number of hydrogen-bond acceptors (Lipinski definition) is 4. The molecule has 6 nitrogen and oxygen atoms in total. The quantitative estimate of drug-likeness (QED) is 0.786. The van der Waals surface area contributed by atoms with Gasteiger partial charge in [-0.05, 0) is 18.2 Å². The van der Waals surface area contributed by atoms with E-state index in [0.717, 1.165) is 18.5 Å². The van der Waals surface area contributed by atoms with Crippen molar-refractivity contribution in [3.8, 4) is 17.0 Å². The number of amides is 1. The van der Waals surface area contributed by atoms with E-state index in [-0.39, 0.29) is 27.5 Å². The molecule has 0 aliphatic heterocycles. The first-order chi connectivity index (χ1) is 9.99. The van der Waals surface area contributed by atoms with Crippen molar-refractivity contribution in [3.63, 3.8) is 0 Å². The highest BCUT2D eigenvalue weighted by Crippen LogP contribution is 2.31. The second kappa shape index (κ2) is 4.71. The van der Waals surface area contributed by atoms with E-state index in [2.05, 4.69) is 10.1 Å². The van der Waals surface area contributed by atoms with Crippen LogP contribution in [0.25, 0.3) is 16.9 Å². The van der Waals surface area contributed by atoms with Gasteiger partial charge in [0.25, 0.3) is 5.91 Å². The number of halogens is 2. The molecule has 105 valence electrons. The van der Waals surface area contributed by atoms with Crippen LogP contribution in [0.3, 0.4) is 0 Å². The van der Waals surface area contributed by atoms with Crippen LogP contribution in [-0.2, 0) is 0 Å². The largest absolute Gasteiger partial charge is 0.507 e. The molecule has 0 aliphatic carbocycles. The topological polar surface area (TPSA) is 91.3 Å². The van der Waals surface area contributed by atoms with Crippen LogP contribution in [0, 0.1) is 5.82 Å². The van der Waals surface area contributed by atoms with Crippen LogP contribution in [-0.4, -0.2) is 25.6 Å². The zero-order valence-electron chi connectivity index (χ0n) is 10.3.